The van der Waals surface area contributed by atoms with Crippen LogP contribution < -0.4 is 16.6 Å². The summed E-state index contributed by atoms with van der Waals surface area (Å²) in [4.78, 5) is 24.1. The summed E-state index contributed by atoms with van der Waals surface area (Å²) in [6.07, 6.45) is 0.445. The number of benzene rings is 2. The lowest BCUT2D eigenvalue weighted by molar-refractivity contribution is -0.124. The third kappa shape index (κ3) is 6.11. The molecule has 9 nitrogen and oxygen atoms in total. The summed E-state index contributed by atoms with van der Waals surface area (Å²) >= 11 is 0. The first-order valence-electron chi connectivity index (χ1n) is 9.93. The average Bonchev–Trinajstić information content (AvgIpc) is 2.79. The van der Waals surface area contributed by atoms with E-state index in [1.54, 1.807) is 48.5 Å². The first-order chi connectivity index (χ1) is 14.9. The van der Waals surface area contributed by atoms with Gasteiger partial charge in [-0.2, -0.15) is 4.31 Å². The Hall–Kier alpha value is -2.79. The first-order valence-corrected chi connectivity index (χ1v) is 11.4. The van der Waals surface area contributed by atoms with Crippen molar-refractivity contribution in [2.75, 3.05) is 26.3 Å². The van der Waals surface area contributed by atoms with E-state index in [1.165, 1.54) is 4.31 Å². The molecule has 166 valence electrons. The molecule has 0 bridgehead atoms. The molecule has 3 rings (SSSR count). The van der Waals surface area contributed by atoms with Crippen LogP contribution in [0.2, 0.25) is 0 Å². The fourth-order valence-electron chi connectivity index (χ4n) is 3.23. The van der Waals surface area contributed by atoms with Crippen LogP contribution in [0.3, 0.4) is 0 Å². The summed E-state index contributed by atoms with van der Waals surface area (Å²) in [5.41, 5.74) is 11.9. The molecule has 2 aromatic rings. The molecule has 1 aliphatic heterocycles. The van der Waals surface area contributed by atoms with Crippen molar-refractivity contribution >= 4 is 21.8 Å². The number of hydrazine groups is 1. The Morgan fingerprint density at radius 3 is 2.45 bits per heavy atom. The first kappa shape index (κ1) is 22.9. The lowest BCUT2D eigenvalue weighted by Crippen LogP contribution is -2.45. The zero-order chi connectivity index (χ0) is 22.3. The van der Waals surface area contributed by atoms with Crippen LogP contribution in [-0.2, 0) is 30.8 Å². The van der Waals surface area contributed by atoms with Crippen LogP contribution in [0.1, 0.15) is 23.6 Å². The highest BCUT2D eigenvalue weighted by Crippen LogP contribution is 2.19. The lowest BCUT2D eigenvalue weighted by Gasteiger charge is -2.26. The third-order valence-electron chi connectivity index (χ3n) is 4.92. The summed E-state index contributed by atoms with van der Waals surface area (Å²) < 4.78 is 32.2. The lowest BCUT2D eigenvalue weighted by atomic mass is 10.1. The Morgan fingerprint density at radius 1 is 1.06 bits per heavy atom. The van der Waals surface area contributed by atoms with Crippen molar-refractivity contribution in [3.8, 4) is 0 Å². The zero-order valence-electron chi connectivity index (χ0n) is 17.0. The minimum Gasteiger partial charge on any atom is -0.379 e. The van der Waals surface area contributed by atoms with Gasteiger partial charge in [0.25, 0.3) is 0 Å². The topological polar surface area (TPSA) is 131 Å². The average molecular weight is 447 g/mol. The summed E-state index contributed by atoms with van der Waals surface area (Å²) in [6, 6.07) is 14.5. The number of nitrogens with zero attached hydrogens (tertiary/aromatic N) is 1. The molecule has 1 aliphatic rings. The zero-order valence-corrected chi connectivity index (χ0v) is 17.8. The van der Waals surface area contributed by atoms with Crippen LogP contribution in [0.25, 0.3) is 0 Å². The fourth-order valence-corrected chi connectivity index (χ4v) is 4.71. The van der Waals surface area contributed by atoms with E-state index in [0.29, 0.717) is 38.3 Å². The number of carbonyl (C=O) groups is 2. The number of aryl methyl sites for hydroxylation is 1. The predicted molar refractivity (Wildman–Crippen MR) is 114 cm³/mol. The standard InChI is InChI=1S/C21H26N4O5S/c22-21(27)20(17-6-2-1-3-7-17)24-23-19(26)10-9-16-5-4-8-18(15-16)31(28,29)25-11-13-30-14-12-25/h1-8,15,20,24H,9-14H2,(H2,22,27)(H,23,26)/t20-/m0/s1. The van der Waals surface area contributed by atoms with Gasteiger partial charge in [-0.1, -0.05) is 42.5 Å². The van der Waals surface area contributed by atoms with Gasteiger partial charge < -0.3 is 10.5 Å². The van der Waals surface area contributed by atoms with Gasteiger partial charge in [-0.25, -0.2) is 13.8 Å². The SMILES string of the molecule is NC(=O)[C@@H](NNC(=O)CCc1cccc(S(=O)(=O)N2CCOCC2)c1)c1ccccc1. The minimum atomic E-state index is -3.60. The maximum Gasteiger partial charge on any atom is 0.243 e. The molecule has 0 aromatic heterocycles. The summed E-state index contributed by atoms with van der Waals surface area (Å²) in [6.45, 7) is 1.40. The van der Waals surface area contributed by atoms with Crippen molar-refractivity contribution in [1.82, 2.24) is 15.2 Å². The number of hydrogen-bond acceptors (Lipinski definition) is 6. The van der Waals surface area contributed by atoms with E-state index in [-0.39, 0.29) is 17.2 Å². The van der Waals surface area contributed by atoms with E-state index in [1.807, 2.05) is 6.07 Å². The smallest absolute Gasteiger partial charge is 0.243 e. The van der Waals surface area contributed by atoms with Crippen molar-refractivity contribution in [2.24, 2.45) is 5.73 Å². The summed E-state index contributed by atoms with van der Waals surface area (Å²) in [5, 5.41) is 0. The number of sulfonamides is 1. The number of nitrogens with two attached hydrogens (primary N) is 1. The van der Waals surface area contributed by atoms with Gasteiger partial charge in [0.2, 0.25) is 21.8 Å². The number of ether oxygens (including phenoxy) is 1. The molecule has 4 N–H and O–H groups in total. The molecule has 2 aromatic carbocycles. The summed E-state index contributed by atoms with van der Waals surface area (Å²) in [5.74, 6) is -0.962. The number of amides is 2. The molecule has 1 saturated heterocycles. The van der Waals surface area contributed by atoms with Crippen LogP contribution in [0, 0.1) is 0 Å². The van der Waals surface area contributed by atoms with Crippen molar-refractivity contribution < 1.29 is 22.7 Å². The monoisotopic (exact) mass is 446 g/mol. The molecule has 1 atom stereocenters. The maximum absolute atomic E-state index is 12.8. The number of nitrogens with one attached hydrogen (secondary N) is 2. The molecule has 0 aliphatic carbocycles. The fraction of sp³-hybridized carbons (Fsp3) is 0.333. The Bertz CT molecular complexity index is 1010. The molecule has 1 fully saturated rings. The quantitative estimate of drug-likeness (QED) is 0.481. The maximum atomic E-state index is 12.8. The number of rotatable bonds is 9. The summed E-state index contributed by atoms with van der Waals surface area (Å²) in [7, 11) is -3.60. The molecular weight excluding hydrogens is 420 g/mol. The Morgan fingerprint density at radius 2 is 1.77 bits per heavy atom. The molecule has 0 saturated carbocycles. The van der Waals surface area contributed by atoms with E-state index >= 15 is 0 Å². The molecule has 1 heterocycles. The minimum absolute atomic E-state index is 0.105. The van der Waals surface area contributed by atoms with Crippen LogP contribution in [0.15, 0.2) is 59.5 Å². The second kappa shape index (κ2) is 10.5. The van der Waals surface area contributed by atoms with Crippen LogP contribution in [0.4, 0.5) is 0 Å². The highest BCUT2D eigenvalue weighted by Gasteiger charge is 2.26. The second-order valence-corrected chi connectivity index (χ2v) is 9.04. The number of primary amides is 1. The van der Waals surface area contributed by atoms with Crippen LogP contribution in [-0.4, -0.2) is 50.8 Å². The van der Waals surface area contributed by atoms with Gasteiger partial charge in [-0.15, -0.1) is 0 Å². The molecule has 0 radical (unpaired) electrons. The largest absolute Gasteiger partial charge is 0.379 e. The van der Waals surface area contributed by atoms with E-state index in [2.05, 4.69) is 10.9 Å². The molecule has 10 heteroatoms. The van der Waals surface area contributed by atoms with Crippen LogP contribution >= 0.6 is 0 Å². The van der Waals surface area contributed by atoms with Gasteiger partial charge in [-0.3, -0.25) is 15.0 Å². The molecule has 0 spiro atoms. The van der Waals surface area contributed by atoms with Gasteiger partial charge in [0.1, 0.15) is 6.04 Å². The van der Waals surface area contributed by atoms with E-state index in [0.717, 1.165) is 5.56 Å². The van der Waals surface area contributed by atoms with Gasteiger partial charge in [-0.05, 0) is 29.7 Å². The number of morpholine rings is 1. The molecule has 31 heavy (non-hydrogen) atoms. The Balaban J connectivity index is 1.57. The predicted octanol–water partition coefficient (Wildman–Crippen LogP) is 0.488. The number of carbonyl (C=O) groups excluding carboxylic acids is 2. The van der Waals surface area contributed by atoms with Gasteiger partial charge in [0.05, 0.1) is 18.1 Å². The van der Waals surface area contributed by atoms with Crippen LogP contribution in [0.5, 0.6) is 0 Å². The Kier molecular flexibility index (Phi) is 7.75. The Labute approximate surface area is 181 Å². The van der Waals surface area contributed by atoms with Crippen molar-refractivity contribution in [2.45, 2.75) is 23.8 Å². The highest BCUT2D eigenvalue weighted by atomic mass is 32.2. The van der Waals surface area contributed by atoms with E-state index in [9.17, 15) is 18.0 Å². The second-order valence-electron chi connectivity index (χ2n) is 7.10. The molecule has 2 amide bonds. The van der Waals surface area contributed by atoms with Crippen molar-refractivity contribution in [3.63, 3.8) is 0 Å². The van der Waals surface area contributed by atoms with Gasteiger partial charge >= 0.3 is 0 Å². The normalized spacial score (nSPS) is 15.9. The van der Waals surface area contributed by atoms with E-state index in [4.69, 9.17) is 10.5 Å². The van der Waals surface area contributed by atoms with E-state index < -0.39 is 22.0 Å². The van der Waals surface area contributed by atoms with Crippen molar-refractivity contribution in [3.05, 3.63) is 65.7 Å². The molecule has 0 unspecified atom stereocenters. The highest BCUT2D eigenvalue weighted by molar-refractivity contribution is 7.89. The molecular formula is C21H26N4O5S. The third-order valence-corrected chi connectivity index (χ3v) is 6.81. The van der Waals surface area contributed by atoms with Gasteiger partial charge in [0, 0.05) is 19.5 Å². The number of hydrogen-bond donors (Lipinski definition) is 3. The van der Waals surface area contributed by atoms with Crippen molar-refractivity contribution in [1.29, 1.82) is 0 Å². The van der Waals surface area contributed by atoms with Gasteiger partial charge in [0.15, 0.2) is 0 Å².